The Kier molecular flexibility index (Phi) is 7.49. The van der Waals surface area contributed by atoms with E-state index in [-0.39, 0.29) is 22.3 Å². The number of piperidine rings is 2. The summed E-state index contributed by atoms with van der Waals surface area (Å²) in [6, 6.07) is 32.2. The lowest BCUT2D eigenvalue weighted by Crippen LogP contribution is -2.70. The number of allylic oxidation sites excluding steroid dienone is 1. The van der Waals surface area contributed by atoms with E-state index in [0.717, 1.165) is 22.3 Å². The lowest BCUT2D eigenvalue weighted by atomic mass is 9.43. The van der Waals surface area contributed by atoms with Crippen LogP contribution in [-0.4, -0.2) is 33.4 Å². The van der Waals surface area contributed by atoms with Crippen LogP contribution in [0.2, 0.25) is 0 Å². The zero-order chi connectivity index (χ0) is 30.4. The van der Waals surface area contributed by atoms with E-state index in [1.165, 1.54) is 0 Å². The second-order valence-electron chi connectivity index (χ2n) is 11.5. The van der Waals surface area contributed by atoms with E-state index >= 15 is 0 Å². The highest BCUT2D eigenvalue weighted by atomic mass is 32.2. The van der Waals surface area contributed by atoms with Gasteiger partial charge in [-0.05, 0) is 55.7 Å². The van der Waals surface area contributed by atoms with Crippen molar-refractivity contribution in [3.8, 4) is 0 Å². The summed E-state index contributed by atoms with van der Waals surface area (Å²) in [6.07, 6.45) is 2.10. The van der Waals surface area contributed by atoms with Crippen LogP contribution in [0.15, 0.2) is 136 Å². The van der Waals surface area contributed by atoms with Gasteiger partial charge in [-0.15, -0.1) is 6.58 Å². The quantitative estimate of drug-likeness (QED) is 0.204. The molecule has 43 heavy (non-hydrogen) atoms. The summed E-state index contributed by atoms with van der Waals surface area (Å²) in [7, 11) is -8.04. The monoisotopic (exact) mass is 610 g/mol. The Bertz CT molecular complexity index is 1890. The standard InChI is InChI=1S/C35H34N2O4S2/c1-4-23-35-32(27-11-7-5-8-12-27)31(33(35)36-42(38,39)29-19-15-25(2)16-20-29)24-37(34(35)28-13-9-6-10-14-28)43(40,41)30-21-17-26(3)18-22-30/h4-22,31-32,34H,1,23-24H2,2-3H3/b36-33+/t31?,32?,34-,35-/m0/s1. The van der Waals surface area contributed by atoms with Gasteiger partial charge in [0.05, 0.1) is 15.8 Å². The van der Waals surface area contributed by atoms with Crippen LogP contribution in [0.3, 0.4) is 0 Å². The van der Waals surface area contributed by atoms with Gasteiger partial charge in [-0.3, -0.25) is 0 Å². The molecule has 0 spiro atoms. The zero-order valence-electron chi connectivity index (χ0n) is 24.2. The molecule has 0 radical (unpaired) electrons. The van der Waals surface area contributed by atoms with Crippen LogP contribution >= 0.6 is 0 Å². The van der Waals surface area contributed by atoms with Crippen LogP contribution < -0.4 is 0 Å². The number of fused-ring (bicyclic) bond motifs is 2. The molecule has 2 fully saturated rings. The van der Waals surface area contributed by atoms with Crippen molar-refractivity contribution in [2.75, 3.05) is 6.54 Å². The predicted octanol–water partition coefficient (Wildman–Crippen LogP) is 6.86. The molecule has 4 atom stereocenters. The fourth-order valence-corrected chi connectivity index (χ4v) is 9.83. The zero-order valence-corrected chi connectivity index (χ0v) is 25.8. The first-order valence-corrected chi connectivity index (χ1v) is 17.2. The van der Waals surface area contributed by atoms with Crippen LogP contribution in [0.25, 0.3) is 0 Å². The second-order valence-corrected chi connectivity index (χ2v) is 15.0. The Labute approximate surface area is 254 Å². The number of hydrogen-bond donors (Lipinski definition) is 0. The minimum absolute atomic E-state index is 0.0937. The highest BCUT2D eigenvalue weighted by Crippen LogP contribution is 2.68. The van der Waals surface area contributed by atoms with Gasteiger partial charge >= 0.3 is 0 Å². The molecule has 4 aromatic carbocycles. The Morgan fingerprint density at radius 1 is 0.767 bits per heavy atom. The summed E-state index contributed by atoms with van der Waals surface area (Å²) in [6.45, 7) is 7.97. The fourth-order valence-electron chi connectivity index (χ4n) is 6.98. The minimum Gasteiger partial charge on any atom is -0.207 e. The lowest BCUT2D eigenvalue weighted by molar-refractivity contribution is 0.0243. The van der Waals surface area contributed by atoms with E-state index in [0.29, 0.717) is 12.1 Å². The van der Waals surface area contributed by atoms with Gasteiger partial charge in [-0.2, -0.15) is 17.1 Å². The highest BCUT2D eigenvalue weighted by Gasteiger charge is 2.70. The van der Waals surface area contributed by atoms with E-state index in [1.54, 1.807) is 58.9 Å². The Balaban J connectivity index is 1.61. The number of sulfonamides is 2. The van der Waals surface area contributed by atoms with Crippen LogP contribution in [0.1, 0.15) is 40.6 Å². The van der Waals surface area contributed by atoms with Crippen molar-refractivity contribution in [3.05, 3.63) is 144 Å². The molecule has 1 aliphatic carbocycles. The summed E-state index contributed by atoms with van der Waals surface area (Å²) in [5.74, 6) is -0.615. The maximum absolute atomic E-state index is 14.4. The van der Waals surface area contributed by atoms with Crippen LogP contribution in [-0.2, 0) is 20.0 Å². The van der Waals surface area contributed by atoms with Crippen molar-refractivity contribution in [2.24, 2.45) is 15.7 Å². The lowest BCUT2D eigenvalue weighted by Gasteiger charge is -2.66. The third-order valence-corrected chi connectivity index (χ3v) is 12.0. The van der Waals surface area contributed by atoms with Gasteiger partial charge in [0.2, 0.25) is 10.0 Å². The summed E-state index contributed by atoms with van der Waals surface area (Å²) >= 11 is 0. The molecule has 6 nitrogen and oxygen atoms in total. The summed E-state index contributed by atoms with van der Waals surface area (Å²) in [4.78, 5) is 0.317. The number of aryl methyl sites for hydroxylation is 2. The first-order chi connectivity index (χ1) is 20.6. The predicted molar refractivity (Wildman–Crippen MR) is 170 cm³/mol. The molecule has 1 saturated carbocycles. The molecule has 0 amide bonds. The third-order valence-electron chi connectivity index (χ3n) is 8.86. The first-order valence-electron chi connectivity index (χ1n) is 14.3. The summed E-state index contributed by atoms with van der Waals surface area (Å²) in [5.41, 5.74) is 3.23. The van der Waals surface area contributed by atoms with Gasteiger partial charge in [0, 0.05) is 29.5 Å². The number of rotatable bonds is 8. The maximum atomic E-state index is 14.4. The first kappa shape index (κ1) is 29.2. The van der Waals surface area contributed by atoms with Gasteiger partial charge < -0.3 is 0 Å². The topological polar surface area (TPSA) is 83.9 Å². The molecule has 2 unspecified atom stereocenters. The van der Waals surface area contributed by atoms with E-state index in [9.17, 15) is 16.8 Å². The fraction of sp³-hybridized carbons (Fsp3) is 0.229. The summed E-state index contributed by atoms with van der Waals surface area (Å²) in [5, 5.41) is 0. The normalized spacial score (nSPS) is 24.8. The number of nitrogens with zero attached hydrogens (tertiary/aromatic N) is 2. The SMILES string of the molecule is C=CC[C@]12/C(=N/S(=O)(=O)c3ccc(C)cc3)C(CN(S(=O)(=O)c3ccc(C)cc3)[C@H]1c1ccccc1)C2c1ccccc1. The van der Waals surface area contributed by atoms with Gasteiger partial charge in [0.25, 0.3) is 10.0 Å². The van der Waals surface area contributed by atoms with Crippen molar-refractivity contribution in [1.82, 2.24) is 4.31 Å². The summed E-state index contributed by atoms with van der Waals surface area (Å²) < 4.78 is 62.6. The molecule has 0 aromatic heterocycles. The highest BCUT2D eigenvalue weighted by molar-refractivity contribution is 7.90. The largest absolute Gasteiger partial charge is 0.282 e. The van der Waals surface area contributed by atoms with E-state index in [2.05, 4.69) is 11.0 Å². The molecular weight excluding hydrogens is 577 g/mol. The molecule has 6 rings (SSSR count). The smallest absolute Gasteiger partial charge is 0.207 e. The molecule has 2 bridgehead atoms. The molecule has 8 heteroatoms. The molecule has 1 saturated heterocycles. The molecule has 220 valence electrons. The van der Waals surface area contributed by atoms with Crippen LogP contribution in [0.4, 0.5) is 0 Å². The molecular formula is C35H34N2O4S2. The number of hydrogen-bond acceptors (Lipinski definition) is 4. The van der Waals surface area contributed by atoms with Gasteiger partial charge in [-0.1, -0.05) is 102 Å². The molecule has 2 aliphatic rings. The minimum atomic E-state index is -4.07. The van der Waals surface area contributed by atoms with Crippen molar-refractivity contribution in [2.45, 2.75) is 42.0 Å². The van der Waals surface area contributed by atoms with E-state index < -0.39 is 37.4 Å². The number of benzene rings is 4. The van der Waals surface area contributed by atoms with Crippen LogP contribution in [0.5, 0.6) is 0 Å². The molecule has 1 aliphatic heterocycles. The average molecular weight is 611 g/mol. The van der Waals surface area contributed by atoms with Crippen LogP contribution in [0, 0.1) is 25.2 Å². The second kappa shape index (κ2) is 11.0. The van der Waals surface area contributed by atoms with Gasteiger partial charge in [0.1, 0.15) is 0 Å². The van der Waals surface area contributed by atoms with Gasteiger partial charge in [-0.25, -0.2) is 8.42 Å². The van der Waals surface area contributed by atoms with E-state index in [1.807, 2.05) is 74.5 Å². The average Bonchev–Trinajstić information content (AvgIpc) is 3.01. The van der Waals surface area contributed by atoms with Crippen molar-refractivity contribution >= 4 is 25.8 Å². The Morgan fingerprint density at radius 3 is 1.81 bits per heavy atom. The van der Waals surface area contributed by atoms with Crippen molar-refractivity contribution in [3.63, 3.8) is 0 Å². The molecule has 4 aromatic rings. The van der Waals surface area contributed by atoms with Crippen molar-refractivity contribution < 1.29 is 16.8 Å². The molecule has 0 N–H and O–H groups in total. The van der Waals surface area contributed by atoms with Crippen molar-refractivity contribution in [1.29, 1.82) is 0 Å². The van der Waals surface area contributed by atoms with E-state index in [4.69, 9.17) is 0 Å². The van der Waals surface area contributed by atoms with Gasteiger partial charge in [0.15, 0.2) is 0 Å². The Morgan fingerprint density at radius 2 is 1.28 bits per heavy atom. The third kappa shape index (κ3) is 4.87. The molecule has 1 heterocycles. The Hall–Kier alpha value is -3.85. The maximum Gasteiger partial charge on any atom is 0.282 e.